The van der Waals surface area contributed by atoms with Crippen LogP contribution in [0.1, 0.15) is 53.9 Å². The van der Waals surface area contributed by atoms with E-state index in [-0.39, 0.29) is 19.6 Å². The van der Waals surface area contributed by atoms with E-state index < -0.39 is 62.1 Å². The summed E-state index contributed by atoms with van der Waals surface area (Å²) in [5.41, 5.74) is -1.10. The molecule has 1 fully saturated rings. The van der Waals surface area contributed by atoms with E-state index in [2.05, 4.69) is 20.8 Å². The lowest BCUT2D eigenvalue weighted by Gasteiger charge is -2.58. The molecule has 1 aliphatic rings. The Balaban J connectivity index is 3.62. The van der Waals surface area contributed by atoms with Gasteiger partial charge < -0.3 is 47.5 Å². The molecule has 0 aromatic carbocycles. The Morgan fingerprint density at radius 3 is 2.18 bits per heavy atom. The van der Waals surface area contributed by atoms with Crippen LogP contribution in [0.3, 0.4) is 0 Å². The SMILES string of the molecule is CC[Si](CC)(CC)O[C@H]1[C@@H](OC)C[C@@H](C[C@H](OC)[C@@H](OCOC)C(=O)OC)OC1(OC)C(C)(C)[C@H](O)CC=O. The fourth-order valence-electron chi connectivity index (χ4n) is 5.53. The Morgan fingerprint density at radius 1 is 1.13 bits per heavy atom. The van der Waals surface area contributed by atoms with Gasteiger partial charge in [0.1, 0.15) is 19.2 Å². The number of methoxy groups -OCH3 is 5. The highest BCUT2D eigenvalue weighted by molar-refractivity contribution is 6.73. The fraction of sp³-hybridized carbons (Fsp3) is 0.926. The van der Waals surface area contributed by atoms with Gasteiger partial charge in [-0.05, 0) is 18.1 Å². The molecule has 39 heavy (non-hydrogen) atoms. The van der Waals surface area contributed by atoms with Gasteiger partial charge in [0.25, 0.3) is 0 Å². The van der Waals surface area contributed by atoms with Gasteiger partial charge in [-0.25, -0.2) is 4.79 Å². The molecule has 1 heterocycles. The molecule has 1 unspecified atom stereocenters. The van der Waals surface area contributed by atoms with Crippen molar-refractivity contribution in [3.8, 4) is 0 Å². The third-order valence-corrected chi connectivity index (χ3v) is 13.1. The zero-order valence-electron chi connectivity index (χ0n) is 25.5. The number of aliphatic hydroxyl groups excluding tert-OH is 1. The van der Waals surface area contributed by atoms with E-state index in [0.717, 1.165) is 18.1 Å². The second kappa shape index (κ2) is 16.5. The maximum Gasteiger partial charge on any atom is 0.337 e. The van der Waals surface area contributed by atoms with Crippen LogP contribution in [0.15, 0.2) is 0 Å². The zero-order chi connectivity index (χ0) is 29.9. The highest BCUT2D eigenvalue weighted by Crippen LogP contribution is 2.50. The standard InChI is InChI=1S/C27H52O11Si/c1-11-39(12-2,13-3)38-24-21(33-8)17-19(16-20(32-7)23(25(30)34-9)36-18-31-6)37-27(24,35-10)26(4,5)22(29)14-15-28/h15,19-24,29H,11-14,16-18H2,1-10H3/t19-,20+,21+,22-,23-,24+,27?/m1/s1. The van der Waals surface area contributed by atoms with Gasteiger partial charge in [0, 0.05) is 53.1 Å². The van der Waals surface area contributed by atoms with E-state index in [1.54, 1.807) is 21.0 Å². The second-order valence-electron chi connectivity index (χ2n) is 10.6. The molecule has 0 spiro atoms. The first-order chi connectivity index (χ1) is 18.5. The summed E-state index contributed by atoms with van der Waals surface area (Å²) in [6, 6.07) is 2.66. The van der Waals surface area contributed by atoms with Crippen molar-refractivity contribution in [2.24, 2.45) is 5.41 Å². The molecule has 1 saturated heterocycles. The Bertz CT molecular complexity index is 724. The maximum atomic E-state index is 12.5. The molecule has 0 bridgehead atoms. The predicted octanol–water partition coefficient (Wildman–Crippen LogP) is 3.07. The van der Waals surface area contributed by atoms with Gasteiger partial charge in [0.15, 0.2) is 14.4 Å². The summed E-state index contributed by atoms with van der Waals surface area (Å²) < 4.78 is 47.2. The van der Waals surface area contributed by atoms with E-state index in [9.17, 15) is 14.7 Å². The van der Waals surface area contributed by atoms with Crippen molar-refractivity contribution in [2.75, 3.05) is 42.3 Å². The highest BCUT2D eigenvalue weighted by Gasteiger charge is 2.63. The third kappa shape index (κ3) is 8.07. The van der Waals surface area contributed by atoms with Crippen LogP contribution in [-0.4, -0.2) is 110 Å². The van der Waals surface area contributed by atoms with Gasteiger partial charge in [-0.1, -0.05) is 34.6 Å². The quantitative estimate of drug-likeness (QED) is 0.105. The Morgan fingerprint density at radius 2 is 1.74 bits per heavy atom. The largest absolute Gasteiger partial charge is 0.467 e. The van der Waals surface area contributed by atoms with Gasteiger partial charge in [-0.2, -0.15) is 0 Å². The van der Waals surface area contributed by atoms with Crippen molar-refractivity contribution in [3.63, 3.8) is 0 Å². The molecule has 0 aromatic heterocycles. The first-order valence-electron chi connectivity index (χ1n) is 13.7. The number of esters is 1. The van der Waals surface area contributed by atoms with Crippen LogP contribution in [0.25, 0.3) is 0 Å². The van der Waals surface area contributed by atoms with E-state index in [1.807, 2.05) is 0 Å². The molecule has 0 saturated carbocycles. The number of hydrogen-bond acceptors (Lipinski definition) is 11. The molecule has 12 heteroatoms. The van der Waals surface area contributed by atoms with Crippen LogP contribution in [-0.2, 0) is 47.2 Å². The van der Waals surface area contributed by atoms with Gasteiger partial charge >= 0.3 is 5.97 Å². The molecular formula is C27H52O11Si. The first kappa shape index (κ1) is 36.1. The topological polar surface area (TPSA) is 128 Å². The number of rotatable bonds is 19. The average Bonchev–Trinajstić information content (AvgIpc) is 2.95. The molecular weight excluding hydrogens is 528 g/mol. The summed E-state index contributed by atoms with van der Waals surface area (Å²) >= 11 is 0. The summed E-state index contributed by atoms with van der Waals surface area (Å²) in [5.74, 6) is -2.10. The molecule has 0 aromatic rings. The number of carbonyl (C=O) groups is 2. The first-order valence-corrected chi connectivity index (χ1v) is 16.3. The average molecular weight is 581 g/mol. The normalized spacial score (nSPS) is 26.6. The van der Waals surface area contributed by atoms with Crippen molar-refractivity contribution in [1.82, 2.24) is 0 Å². The molecule has 11 nitrogen and oxygen atoms in total. The van der Waals surface area contributed by atoms with Crippen molar-refractivity contribution >= 4 is 20.6 Å². The minimum atomic E-state index is -2.22. The van der Waals surface area contributed by atoms with E-state index in [1.165, 1.54) is 28.4 Å². The molecule has 230 valence electrons. The summed E-state index contributed by atoms with van der Waals surface area (Å²) in [6.45, 7) is 9.86. The van der Waals surface area contributed by atoms with E-state index in [0.29, 0.717) is 12.7 Å². The predicted molar refractivity (Wildman–Crippen MR) is 147 cm³/mol. The Kier molecular flexibility index (Phi) is 15.2. The molecule has 0 radical (unpaired) electrons. The third-order valence-electron chi connectivity index (χ3n) is 8.45. The molecule has 1 aliphatic heterocycles. The van der Waals surface area contributed by atoms with Crippen molar-refractivity contribution in [1.29, 1.82) is 0 Å². The number of carbonyl (C=O) groups excluding carboxylic acids is 2. The summed E-state index contributed by atoms with van der Waals surface area (Å²) in [6.07, 6.45) is -3.43. The zero-order valence-corrected chi connectivity index (χ0v) is 26.5. The summed E-state index contributed by atoms with van der Waals surface area (Å²) in [4.78, 5) is 24.0. The van der Waals surface area contributed by atoms with Crippen molar-refractivity contribution in [2.45, 2.75) is 114 Å². The fourth-order valence-corrected chi connectivity index (χ4v) is 8.37. The van der Waals surface area contributed by atoms with Gasteiger partial charge in [-0.3, -0.25) is 0 Å². The number of aldehydes is 1. The number of aliphatic hydroxyl groups is 1. The van der Waals surface area contributed by atoms with E-state index in [4.69, 9.17) is 37.6 Å². The maximum absolute atomic E-state index is 12.5. The molecule has 1 N–H and O–H groups in total. The van der Waals surface area contributed by atoms with E-state index >= 15 is 0 Å². The van der Waals surface area contributed by atoms with Crippen LogP contribution in [0.2, 0.25) is 18.1 Å². The number of hydrogen-bond donors (Lipinski definition) is 1. The highest BCUT2D eigenvalue weighted by atomic mass is 28.4. The summed E-state index contributed by atoms with van der Waals surface area (Å²) in [5, 5.41) is 11.2. The van der Waals surface area contributed by atoms with Gasteiger partial charge in [0.2, 0.25) is 5.79 Å². The van der Waals surface area contributed by atoms with Crippen LogP contribution in [0.4, 0.5) is 0 Å². The molecule has 0 aliphatic carbocycles. The Labute approximate surface area is 235 Å². The summed E-state index contributed by atoms with van der Waals surface area (Å²) in [7, 11) is 5.10. The van der Waals surface area contributed by atoms with Gasteiger partial charge in [-0.15, -0.1) is 0 Å². The monoisotopic (exact) mass is 580 g/mol. The molecule has 1 rings (SSSR count). The minimum Gasteiger partial charge on any atom is -0.467 e. The smallest absolute Gasteiger partial charge is 0.337 e. The minimum absolute atomic E-state index is 0.107. The van der Waals surface area contributed by atoms with Crippen LogP contribution >= 0.6 is 0 Å². The molecule has 0 amide bonds. The van der Waals surface area contributed by atoms with Crippen LogP contribution < -0.4 is 0 Å². The molecule has 7 atom stereocenters. The second-order valence-corrected chi connectivity index (χ2v) is 15.3. The van der Waals surface area contributed by atoms with Crippen LogP contribution in [0, 0.1) is 5.41 Å². The van der Waals surface area contributed by atoms with Gasteiger partial charge in [0.05, 0.1) is 31.5 Å². The lowest BCUT2D eigenvalue weighted by atomic mass is 9.71. The Hall–Kier alpha value is -0.963. The van der Waals surface area contributed by atoms with Crippen molar-refractivity contribution in [3.05, 3.63) is 0 Å². The lowest BCUT2D eigenvalue weighted by molar-refractivity contribution is -0.383. The van der Waals surface area contributed by atoms with Crippen molar-refractivity contribution < 1.29 is 52.3 Å². The number of ether oxygens (including phenoxy) is 7. The lowest BCUT2D eigenvalue weighted by Crippen LogP contribution is -2.71. The van der Waals surface area contributed by atoms with Crippen LogP contribution in [0.5, 0.6) is 0 Å².